The van der Waals surface area contributed by atoms with Crippen molar-refractivity contribution in [1.82, 2.24) is 10.2 Å². The number of guanidine groups is 1. The number of halogens is 1. The molecule has 0 radical (unpaired) electrons. The molecule has 0 aliphatic carbocycles. The molecule has 0 aromatic carbocycles. The highest BCUT2D eigenvalue weighted by Gasteiger charge is 2.23. The molecule has 1 aliphatic rings. The minimum Gasteiger partial charge on any atom is -0.382 e. The van der Waals surface area contributed by atoms with Crippen molar-refractivity contribution in [3.05, 3.63) is 0 Å². The van der Waals surface area contributed by atoms with Gasteiger partial charge in [-0.1, -0.05) is 0 Å². The minimum absolute atomic E-state index is 0. The Morgan fingerprint density at radius 3 is 2.83 bits per heavy atom. The van der Waals surface area contributed by atoms with Gasteiger partial charge in [-0.15, -0.1) is 24.0 Å². The molecule has 8 heteroatoms. The van der Waals surface area contributed by atoms with Crippen molar-refractivity contribution in [1.29, 1.82) is 0 Å². The van der Waals surface area contributed by atoms with E-state index >= 15 is 0 Å². The molecule has 0 saturated carbocycles. The molecule has 0 aromatic heterocycles. The number of carbonyl (C=O) groups is 1. The van der Waals surface area contributed by atoms with Gasteiger partial charge in [-0.3, -0.25) is 9.79 Å². The standard InChI is InChI=1S/C16H32N4O3.HI/c1-3-18-16(19-7-5-9-23-11-10-22-2)20-8-4-6-14(13-20)12-15(17)21;/h14H,3-13H2,1-2H3,(H2,17,21)(H,18,19);1H. The number of nitrogens with zero attached hydrogens (tertiary/aromatic N) is 2. The van der Waals surface area contributed by atoms with Gasteiger partial charge in [0.25, 0.3) is 0 Å². The quantitative estimate of drug-likeness (QED) is 0.223. The van der Waals surface area contributed by atoms with Crippen molar-refractivity contribution < 1.29 is 14.3 Å². The maximum atomic E-state index is 11.1. The second kappa shape index (κ2) is 14.7. The topological polar surface area (TPSA) is 89.2 Å². The first-order valence-corrected chi connectivity index (χ1v) is 8.55. The molecule has 7 nitrogen and oxygen atoms in total. The number of amides is 1. The summed E-state index contributed by atoms with van der Waals surface area (Å²) in [4.78, 5) is 18.0. The number of hydrogen-bond donors (Lipinski definition) is 2. The fourth-order valence-electron chi connectivity index (χ4n) is 2.73. The maximum Gasteiger partial charge on any atom is 0.217 e. The average Bonchev–Trinajstić information content (AvgIpc) is 2.52. The van der Waals surface area contributed by atoms with E-state index in [1.165, 1.54) is 0 Å². The van der Waals surface area contributed by atoms with Gasteiger partial charge in [0.2, 0.25) is 5.91 Å². The zero-order valence-electron chi connectivity index (χ0n) is 15.0. The highest BCUT2D eigenvalue weighted by atomic mass is 127. The van der Waals surface area contributed by atoms with E-state index in [0.717, 1.165) is 51.4 Å². The van der Waals surface area contributed by atoms with E-state index in [-0.39, 0.29) is 29.9 Å². The Morgan fingerprint density at radius 2 is 2.17 bits per heavy atom. The number of rotatable bonds is 10. The number of nitrogens with one attached hydrogen (secondary N) is 1. The number of primary amides is 1. The number of methoxy groups -OCH3 is 1. The first kappa shape index (κ1) is 23.4. The van der Waals surface area contributed by atoms with E-state index in [1.807, 2.05) is 0 Å². The van der Waals surface area contributed by atoms with E-state index in [1.54, 1.807) is 7.11 Å². The number of likely N-dealkylation sites (tertiary alicyclic amines) is 1. The van der Waals surface area contributed by atoms with Crippen LogP contribution in [0, 0.1) is 5.92 Å². The molecule has 1 heterocycles. The molecule has 24 heavy (non-hydrogen) atoms. The van der Waals surface area contributed by atoms with Crippen LogP contribution in [-0.2, 0) is 14.3 Å². The summed E-state index contributed by atoms with van der Waals surface area (Å²) in [6.07, 6.45) is 3.48. The zero-order chi connectivity index (χ0) is 16.9. The van der Waals surface area contributed by atoms with Gasteiger partial charge in [0, 0.05) is 46.3 Å². The van der Waals surface area contributed by atoms with Crippen LogP contribution < -0.4 is 11.1 Å². The Balaban J connectivity index is 0.00000529. The second-order valence-electron chi connectivity index (χ2n) is 5.82. The van der Waals surface area contributed by atoms with Gasteiger partial charge in [0.05, 0.1) is 13.2 Å². The van der Waals surface area contributed by atoms with Crippen LogP contribution in [0.3, 0.4) is 0 Å². The fourth-order valence-corrected chi connectivity index (χ4v) is 2.73. The van der Waals surface area contributed by atoms with Gasteiger partial charge in [-0.25, -0.2) is 0 Å². The lowest BCUT2D eigenvalue weighted by Crippen LogP contribution is -2.47. The largest absolute Gasteiger partial charge is 0.382 e. The van der Waals surface area contributed by atoms with E-state index in [2.05, 4.69) is 22.1 Å². The van der Waals surface area contributed by atoms with E-state index in [9.17, 15) is 4.79 Å². The summed E-state index contributed by atoms with van der Waals surface area (Å²) >= 11 is 0. The third-order valence-corrected chi connectivity index (χ3v) is 3.78. The molecule has 0 spiro atoms. The first-order chi connectivity index (χ1) is 11.2. The number of carbonyl (C=O) groups excluding carboxylic acids is 1. The predicted molar refractivity (Wildman–Crippen MR) is 107 cm³/mol. The normalized spacial score (nSPS) is 18.2. The van der Waals surface area contributed by atoms with Gasteiger partial charge in [-0.2, -0.15) is 0 Å². The van der Waals surface area contributed by atoms with Crippen molar-refractivity contribution in [3.63, 3.8) is 0 Å². The highest BCUT2D eigenvalue weighted by molar-refractivity contribution is 14.0. The third-order valence-electron chi connectivity index (χ3n) is 3.78. The van der Waals surface area contributed by atoms with Crippen LogP contribution in [0.25, 0.3) is 0 Å². The summed E-state index contributed by atoms with van der Waals surface area (Å²) in [7, 11) is 1.67. The molecular formula is C16H33IN4O3. The van der Waals surface area contributed by atoms with Crippen LogP contribution in [0.4, 0.5) is 0 Å². The zero-order valence-corrected chi connectivity index (χ0v) is 17.3. The van der Waals surface area contributed by atoms with E-state index in [4.69, 9.17) is 15.2 Å². The number of piperidine rings is 1. The van der Waals surface area contributed by atoms with Gasteiger partial charge in [0.15, 0.2) is 5.96 Å². The number of ether oxygens (including phenoxy) is 2. The molecule has 1 saturated heterocycles. The van der Waals surface area contributed by atoms with E-state index in [0.29, 0.717) is 32.2 Å². The Hall–Kier alpha value is -0.610. The minimum atomic E-state index is -0.216. The van der Waals surface area contributed by atoms with Crippen molar-refractivity contribution in [2.45, 2.75) is 32.6 Å². The fraction of sp³-hybridized carbons (Fsp3) is 0.875. The molecule has 3 N–H and O–H groups in total. The van der Waals surface area contributed by atoms with Crippen molar-refractivity contribution >= 4 is 35.8 Å². The van der Waals surface area contributed by atoms with Crippen LogP contribution >= 0.6 is 24.0 Å². The van der Waals surface area contributed by atoms with Crippen molar-refractivity contribution in [2.24, 2.45) is 16.6 Å². The summed E-state index contributed by atoms with van der Waals surface area (Å²) in [5, 5.41) is 3.34. The molecule has 1 atom stereocenters. The van der Waals surface area contributed by atoms with E-state index < -0.39 is 0 Å². The lowest BCUT2D eigenvalue weighted by Gasteiger charge is -2.34. The van der Waals surface area contributed by atoms with Gasteiger partial charge < -0.3 is 25.4 Å². The van der Waals surface area contributed by atoms with Gasteiger partial charge in [-0.05, 0) is 32.1 Å². The third kappa shape index (κ3) is 10.3. The van der Waals surface area contributed by atoms with Crippen LogP contribution in [0.2, 0.25) is 0 Å². The molecule has 1 amide bonds. The van der Waals surface area contributed by atoms with Crippen molar-refractivity contribution in [2.75, 3.05) is 53.1 Å². The number of nitrogens with two attached hydrogens (primary N) is 1. The first-order valence-electron chi connectivity index (χ1n) is 8.55. The van der Waals surface area contributed by atoms with Crippen LogP contribution in [0.5, 0.6) is 0 Å². The molecule has 1 aliphatic heterocycles. The molecule has 1 fully saturated rings. The number of hydrogen-bond acceptors (Lipinski definition) is 4. The summed E-state index contributed by atoms with van der Waals surface area (Å²) in [6.45, 7) is 7.39. The van der Waals surface area contributed by atoms with Gasteiger partial charge >= 0.3 is 0 Å². The summed E-state index contributed by atoms with van der Waals surface area (Å²) in [6, 6.07) is 0. The SMILES string of the molecule is CCNC(=NCCCOCCOC)N1CCCC(CC(N)=O)C1.I. The molecule has 0 bridgehead atoms. The second-order valence-corrected chi connectivity index (χ2v) is 5.82. The molecule has 0 aromatic rings. The Labute approximate surface area is 162 Å². The Morgan fingerprint density at radius 1 is 1.38 bits per heavy atom. The van der Waals surface area contributed by atoms with Crippen molar-refractivity contribution in [3.8, 4) is 0 Å². The summed E-state index contributed by atoms with van der Waals surface area (Å²) < 4.78 is 10.4. The lowest BCUT2D eigenvalue weighted by molar-refractivity contribution is -0.119. The molecule has 1 unspecified atom stereocenters. The Kier molecular flexibility index (Phi) is 14.3. The predicted octanol–water partition coefficient (Wildman–Crippen LogP) is 1.21. The van der Waals surface area contributed by atoms with Gasteiger partial charge in [0.1, 0.15) is 0 Å². The van der Waals surface area contributed by atoms with Crippen LogP contribution in [0.1, 0.15) is 32.6 Å². The summed E-state index contributed by atoms with van der Waals surface area (Å²) in [5.41, 5.74) is 5.33. The number of aliphatic imine (C=N–C) groups is 1. The average molecular weight is 456 g/mol. The summed E-state index contributed by atoms with van der Waals surface area (Å²) in [5.74, 6) is 1.05. The molecule has 142 valence electrons. The molecular weight excluding hydrogens is 423 g/mol. The highest BCUT2D eigenvalue weighted by Crippen LogP contribution is 2.19. The molecule has 1 rings (SSSR count). The van der Waals surface area contributed by atoms with Crippen LogP contribution in [-0.4, -0.2) is 69.9 Å². The monoisotopic (exact) mass is 456 g/mol. The Bertz CT molecular complexity index is 369. The smallest absolute Gasteiger partial charge is 0.217 e. The van der Waals surface area contributed by atoms with Crippen LogP contribution in [0.15, 0.2) is 4.99 Å². The maximum absolute atomic E-state index is 11.1. The lowest BCUT2D eigenvalue weighted by atomic mass is 9.95.